The maximum absolute atomic E-state index is 13.6. The van der Waals surface area contributed by atoms with E-state index in [4.69, 9.17) is 9.73 Å². The summed E-state index contributed by atoms with van der Waals surface area (Å²) in [7, 11) is 0. The summed E-state index contributed by atoms with van der Waals surface area (Å²) in [6.07, 6.45) is 2.02. The van der Waals surface area contributed by atoms with Gasteiger partial charge in [-0.1, -0.05) is 0 Å². The second-order valence-corrected chi connectivity index (χ2v) is 5.76. The lowest BCUT2D eigenvalue weighted by molar-refractivity contribution is -0.0327. The quantitative estimate of drug-likeness (QED) is 0.754. The predicted octanol–water partition coefficient (Wildman–Crippen LogP) is 0.551. The molecule has 19 heavy (non-hydrogen) atoms. The van der Waals surface area contributed by atoms with E-state index in [2.05, 4.69) is 21.2 Å². The average Bonchev–Trinajstić information content (AvgIpc) is 2.36. The number of hydrogen-bond acceptors (Lipinski definition) is 5. The summed E-state index contributed by atoms with van der Waals surface area (Å²) in [5.74, 6) is 0.890. The molecule has 3 aliphatic rings. The number of likely N-dealkylation sites (tertiary alicyclic amines) is 1. The third kappa shape index (κ3) is 2.74. The molecule has 2 fully saturated rings. The molecule has 0 amide bonds. The molecule has 5 nitrogen and oxygen atoms in total. The highest BCUT2D eigenvalue weighted by atomic mass is 19.1. The van der Waals surface area contributed by atoms with Gasteiger partial charge in [0.25, 0.3) is 0 Å². The minimum absolute atomic E-state index is 0.0390. The highest BCUT2D eigenvalue weighted by Crippen LogP contribution is 2.28. The van der Waals surface area contributed by atoms with Gasteiger partial charge in [0.05, 0.1) is 13.2 Å². The number of halogens is 1. The molecule has 0 aliphatic carbocycles. The molecule has 0 aromatic rings. The van der Waals surface area contributed by atoms with Crippen molar-refractivity contribution >= 4 is 5.96 Å². The molecule has 3 heterocycles. The summed E-state index contributed by atoms with van der Waals surface area (Å²) in [5.41, 5.74) is 0.0234. The lowest BCUT2D eigenvalue weighted by Gasteiger charge is -2.46. The van der Waals surface area contributed by atoms with Crippen LogP contribution in [0.2, 0.25) is 0 Å². The van der Waals surface area contributed by atoms with Gasteiger partial charge in [0.1, 0.15) is 11.8 Å². The number of rotatable bonds is 1. The molecular weight excluding hydrogens is 247 g/mol. The Balaban J connectivity index is 1.69. The lowest BCUT2D eigenvalue weighted by atomic mass is 9.98. The van der Waals surface area contributed by atoms with Crippen molar-refractivity contribution in [2.24, 2.45) is 4.99 Å². The van der Waals surface area contributed by atoms with Crippen LogP contribution >= 0.6 is 0 Å². The van der Waals surface area contributed by atoms with Gasteiger partial charge in [-0.15, -0.1) is 0 Å². The van der Waals surface area contributed by atoms with E-state index in [9.17, 15) is 4.39 Å². The van der Waals surface area contributed by atoms with Crippen LogP contribution in [0.1, 0.15) is 13.8 Å². The Hall–Kier alpha value is -1.14. The Labute approximate surface area is 113 Å². The Kier molecular flexibility index (Phi) is 3.22. The number of allylic oxidation sites excluding steroid dienone is 1. The van der Waals surface area contributed by atoms with Crippen molar-refractivity contribution in [1.82, 2.24) is 15.1 Å². The van der Waals surface area contributed by atoms with E-state index in [1.807, 2.05) is 6.92 Å². The highest BCUT2D eigenvalue weighted by Gasteiger charge is 2.42. The van der Waals surface area contributed by atoms with Crippen LogP contribution in [-0.4, -0.2) is 67.0 Å². The Morgan fingerprint density at radius 3 is 2.74 bits per heavy atom. The molecular formula is C13H21FN4O. The zero-order valence-electron chi connectivity index (χ0n) is 11.5. The second kappa shape index (κ2) is 4.76. The first-order valence-electron chi connectivity index (χ1n) is 6.82. The highest BCUT2D eigenvalue weighted by molar-refractivity contribution is 5.83. The van der Waals surface area contributed by atoms with E-state index >= 15 is 0 Å². The summed E-state index contributed by atoms with van der Waals surface area (Å²) in [5, 5.41) is 3.30. The van der Waals surface area contributed by atoms with E-state index in [-0.39, 0.29) is 6.17 Å². The molecule has 0 saturated carbocycles. The zero-order valence-corrected chi connectivity index (χ0v) is 11.5. The predicted molar refractivity (Wildman–Crippen MR) is 71.6 cm³/mol. The molecule has 3 rings (SSSR count). The van der Waals surface area contributed by atoms with Gasteiger partial charge in [-0.05, 0) is 19.9 Å². The number of nitrogens with zero attached hydrogens (tertiary/aromatic N) is 3. The SMILES string of the molecule is CC1=CC(N2CC(C)(F)C2)N=C(N2CCOCC2)N1. The van der Waals surface area contributed by atoms with Gasteiger partial charge < -0.3 is 15.0 Å². The van der Waals surface area contributed by atoms with E-state index in [1.54, 1.807) is 6.92 Å². The fourth-order valence-electron chi connectivity index (χ4n) is 2.75. The van der Waals surface area contributed by atoms with Crippen LogP contribution in [0.25, 0.3) is 0 Å². The van der Waals surface area contributed by atoms with Crippen LogP contribution in [0, 0.1) is 0 Å². The summed E-state index contributed by atoms with van der Waals surface area (Å²) in [4.78, 5) is 8.96. The van der Waals surface area contributed by atoms with Crippen molar-refractivity contribution in [3.63, 3.8) is 0 Å². The summed E-state index contributed by atoms with van der Waals surface area (Å²) < 4.78 is 19.0. The minimum atomic E-state index is -1.05. The molecule has 2 saturated heterocycles. The first kappa shape index (κ1) is 12.9. The summed E-state index contributed by atoms with van der Waals surface area (Å²) >= 11 is 0. The number of hydrogen-bond donors (Lipinski definition) is 1. The Morgan fingerprint density at radius 1 is 1.42 bits per heavy atom. The van der Waals surface area contributed by atoms with Crippen LogP contribution in [0.4, 0.5) is 4.39 Å². The van der Waals surface area contributed by atoms with Gasteiger partial charge in [-0.2, -0.15) is 0 Å². The van der Waals surface area contributed by atoms with E-state index in [0.29, 0.717) is 13.1 Å². The standard InChI is InChI=1S/C13H21FN4O/c1-10-7-11(18-8-13(2,14)9-18)16-12(15-10)17-3-5-19-6-4-17/h7,11H,3-6,8-9H2,1-2H3,(H,15,16). The van der Waals surface area contributed by atoms with Crippen molar-refractivity contribution < 1.29 is 9.13 Å². The number of aliphatic imine (C=N–C) groups is 1. The molecule has 0 aromatic heterocycles. The molecule has 1 unspecified atom stereocenters. The minimum Gasteiger partial charge on any atom is -0.378 e. The van der Waals surface area contributed by atoms with E-state index in [0.717, 1.165) is 38.0 Å². The second-order valence-electron chi connectivity index (χ2n) is 5.76. The van der Waals surface area contributed by atoms with Crippen LogP contribution in [0.3, 0.4) is 0 Å². The van der Waals surface area contributed by atoms with E-state index in [1.165, 1.54) is 0 Å². The molecule has 1 N–H and O–H groups in total. The molecule has 106 valence electrons. The smallest absolute Gasteiger partial charge is 0.200 e. The summed E-state index contributed by atoms with van der Waals surface area (Å²) in [6, 6.07) is 0. The Morgan fingerprint density at radius 2 is 2.11 bits per heavy atom. The first-order valence-corrected chi connectivity index (χ1v) is 6.82. The third-order valence-corrected chi connectivity index (χ3v) is 3.71. The molecule has 0 spiro atoms. The Bertz CT molecular complexity index is 407. The molecule has 3 aliphatic heterocycles. The maximum Gasteiger partial charge on any atom is 0.200 e. The van der Waals surface area contributed by atoms with Crippen molar-refractivity contribution in [3.8, 4) is 0 Å². The largest absolute Gasteiger partial charge is 0.378 e. The first-order chi connectivity index (χ1) is 9.03. The van der Waals surface area contributed by atoms with Crippen LogP contribution in [0.15, 0.2) is 16.8 Å². The lowest BCUT2D eigenvalue weighted by Crippen LogP contribution is -2.61. The fourth-order valence-corrected chi connectivity index (χ4v) is 2.75. The number of guanidine groups is 1. The van der Waals surface area contributed by atoms with Gasteiger partial charge >= 0.3 is 0 Å². The van der Waals surface area contributed by atoms with Gasteiger partial charge in [0.15, 0.2) is 5.96 Å². The third-order valence-electron chi connectivity index (χ3n) is 3.71. The number of ether oxygens (including phenoxy) is 1. The maximum atomic E-state index is 13.6. The number of morpholine rings is 1. The normalized spacial score (nSPS) is 31.1. The molecule has 0 aromatic carbocycles. The van der Waals surface area contributed by atoms with E-state index < -0.39 is 5.67 Å². The van der Waals surface area contributed by atoms with Gasteiger partial charge in [0.2, 0.25) is 0 Å². The monoisotopic (exact) mass is 268 g/mol. The van der Waals surface area contributed by atoms with Crippen LogP contribution < -0.4 is 5.32 Å². The average molecular weight is 268 g/mol. The molecule has 0 bridgehead atoms. The van der Waals surface area contributed by atoms with Crippen molar-refractivity contribution in [1.29, 1.82) is 0 Å². The summed E-state index contributed by atoms with van der Waals surface area (Å²) in [6.45, 7) is 7.77. The van der Waals surface area contributed by atoms with Crippen LogP contribution in [-0.2, 0) is 4.74 Å². The number of alkyl halides is 1. The van der Waals surface area contributed by atoms with Crippen molar-refractivity contribution in [3.05, 3.63) is 11.8 Å². The van der Waals surface area contributed by atoms with Gasteiger partial charge in [0, 0.05) is 31.9 Å². The van der Waals surface area contributed by atoms with Crippen molar-refractivity contribution in [2.45, 2.75) is 25.7 Å². The number of nitrogens with one attached hydrogen (secondary N) is 1. The molecule has 6 heteroatoms. The molecule has 0 radical (unpaired) electrons. The van der Waals surface area contributed by atoms with Gasteiger partial charge in [-0.25, -0.2) is 9.38 Å². The van der Waals surface area contributed by atoms with Crippen molar-refractivity contribution in [2.75, 3.05) is 39.4 Å². The zero-order chi connectivity index (χ0) is 13.5. The molecule has 1 atom stereocenters. The van der Waals surface area contributed by atoms with Crippen LogP contribution in [0.5, 0.6) is 0 Å². The van der Waals surface area contributed by atoms with Gasteiger partial charge in [-0.3, -0.25) is 4.90 Å². The topological polar surface area (TPSA) is 40.1 Å². The fraction of sp³-hybridized carbons (Fsp3) is 0.769.